The van der Waals surface area contributed by atoms with Gasteiger partial charge in [0.1, 0.15) is 5.69 Å². The zero-order valence-corrected chi connectivity index (χ0v) is 10.3. The fraction of sp³-hybridized carbons (Fsp3) is 0.667. The molecule has 0 spiro atoms. The summed E-state index contributed by atoms with van der Waals surface area (Å²) >= 11 is 0. The number of aromatic nitrogens is 3. The molecule has 0 aliphatic carbocycles. The fourth-order valence-electron chi connectivity index (χ4n) is 1.96. The van der Waals surface area contributed by atoms with Crippen LogP contribution in [-0.2, 0) is 10.0 Å². The summed E-state index contributed by atoms with van der Waals surface area (Å²) in [6.07, 6.45) is 5.00. The van der Waals surface area contributed by atoms with Crippen LogP contribution in [0.4, 0.5) is 0 Å². The van der Waals surface area contributed by atoms with Crippen molar-refractivity contribution in [3.8, 4) is 0 Å². The van der Waals surface area contributed by atoms with Gasteiger partial charge in [0.05, 0.1) is 18.5 Å². The highest BCUT2D eigenvalue weighted by atomic mass is 32.2. The van der Waals surface area contributed by atoms with E-state index >= 15 is 0 Å². The molecule has 1 saturated heterocycles. The summed E-state index contributed by atoms with van der Waals surface area (Å²) in [5.74, 6) is 0. The lowest BCUT2D eigenvalue weighted by molar-refractivity contribution is 0.111. The van der Waals surface area contributed by atoms with Crippen LogP contribution in [0.25, 0.3) is 0 Å². The number of hydrogen-bond acceptors (Lipinski definition) is 5. The number of hydrogen-bond donors (Lipinski definition) is 0. The first-order valence-electron chi connectivity index (χ1n) is 5.33. The Balaban J connectivity index is 2.14. The largest absolute Gasteiger partial charge is 0.296 e. The second-order valence-electron chi connectivity index (χ2n) is 4.16. The normalized spacial score (nSPS) is 22.5. The van der Waals surface area contributed by atoms with E-state index in [0.29, 0.717) is 19.4 Å². The topological polar surface area (TPSA) is 85.2 Å². The Kier molecular flexibility index (Phi) is 3.25. The zero-order chi connectivity index (χ0) is 12.5. The second kappa shape index (κ2) is 4.53. The van der Waals surface area contributed by atoms with Gasteiger partial charge < -0.3 is 0 Å². The van der Waals surface area contributed by atoms with Gasteiger partial charge in [0.15, 0.2) is 6.29 Å². The summed E-state index contributed by atoms with van der Waals surface area (Å²) in [5.41, 5.74) is 0.265. The lowest BCUT2D eigenvalue weighted by Gasteiger charge is -2.30. The van der Waals surface area contributed by atoms with Crippen LogP contribution in [0.3, 0.4) is 0 Å². The molecule has 1 atom stereocenters. The fourth-order valence-corrected chi connectivity index (χ4v) is 2.86. The van der Waals surface area contributed by atoms with Crippen molar-refractivity contribution in [1.82, 2.24) is 19.3 Å². The smallest absolute Gasteiger partial charge is 0.211 e. The number of aldehydes is 1. The molecule has 1 aromatic heterocycles. The Morgan fingerprint density at radius 1 is 1.53 bits per heavy atom. The first-order chi connectivity index (χ1) is 8.00. The SMILES string of the molecule is CS(=O)(=O)N1CCC[C@@H](n2cc(C=O)nn2)C1. The van der Waals surface area contributed by atoms with Crippen LogP contribution in [0.1, 0.15) is 29.4 Å². The predicted octanol–water partition coefficient (Wildman–Crippen LogP) is -0.313. The minimum atomic E-state index is -3.16. The molecule has 0 bridgehead atoms. The van der Waals surface area contributed by atoms with Crippen molar-refractivity contribution >= 4 is 16.3 Å². The van der Waals surface area contributed by atoms with Crippen LogP contribution in [0, 0.1) is 0 Å². The number of nitrogens with zero attached hydrogens (tertiary/aromatic N) is 4. The van der Waals surface area contributed by atoms with Gasteiger partial charge in [-0.15, -0.1) is 5.10 Å². The van der Waals surface area contributed by atoms with Crippen LogP contribution in [-0.4, -0.2) is 53.3 Å². The van der Waals surface area contributed by atoms with E-state index in [2.05, 4.69) is 10.3 Å². The predicted molar refractivity (Wildman–Crippen MR) is 60.1 cm³/mol. The molecule has 0 aromatic carbocycles. The van der Waals surface area contributed by atoms with Gasteiger partial charge in [-0.25, -0.2) is 17.4 Å². The van der Waals surface area contributed by atoms with Crippen molar-refractivity contribution < 1.29 is 13.2 Å². The molecule has 17 heavy (non-hydrogen) atoms. The molecule has 0 amide bonds. The number of sulfonamides is 1. The van der Waals surface area contributed by atoms with Crippen molar-refractivity contribution in [2.45, 2.75) is 18.9 Å². The summed E-state index contributed by atoms with van der Waals surface area (Å²) in [7, 11) is -3.16. The third-order valence-electron chi connectivity index (χ3n) is 2.85. The van der Waals surface area contributed by atoms with Gasteiger partial charge >= 0.3 is 0 Å². The molecular weight excluding hydrogens is 244 g/mol. The van der Waals surface area contributed by atoms with E-state index in [9.17, 15) is 13.2 Å². The van der Waals surface area contributed by atoms with E-state index in [4.69, 9.17) is 0 Å². The highest BCUT2D eigenvalue weighted by Crippen LogP contribution is 2.22. The molecule has 1 fully saturated rings. The summed E-state index contributed by atoms with van der Waals surface area (Å²) in [5, 5.41) is 7.52. The van der Waals surface area contributed by atoms with Crippen LogP contribution in [0.2, 0.25) is 0 Å². The van der Waals surface area contributed by atoms with Crippen molar-refractivity contribution in [2.75, 3.05) is 19.3 Å². The van der Waals surface area contributed by atoms with Crippen LogP contribution in [0.5, 0.6) is 0 Å². The molecule has 1 aromatic rings. The molecule has 8 heteroatoms. The first-order valence-corrected chi connectivity index (χ1v) is 7.17. The zero-order valence-electron chi connectivity index (χ0n) is 9.48. The van der Waals surface area contributed by atoms with Gasteiger partial charge in [-0.1, -0.05) is 5.21 Å². The number of rotatable bonds is 3. The van der Waals surface area contributed by atoms with E-state index in [1.165, 1.54) is 10.6 Å². The minimum absolute atomic E-state index is 0.0420. The molecular formula is C9H14N4O3S. The molecule has 94 valence electrons. The van der Waals surface area contributed by atoms with Crippen LogP contribution >= 0.6 is 0 Å². The standard InChI is InChI=1S/C9H14N4O3S/c1-17(15,16)12-4-2-3-9(6-12)13-5-8(7-14)10-11-13/h5,7,9H,2-4,6H2,1H3/t9-/m1/s1. The summed E-state index contributed by atoms with van der Waals surface area (Å²) < 4.78 is 25.9. The Labute approximate surface area is 99.5 Å². The van der Waals surface area contributed by atoms with Gasteiger partial charge in [-0.3, -0.25) is 4.79 Å². The lowest BCUT2D eigenvalue weighted by Crippen LogP contribution is -2.40. The highest BCUT2D eigenvalue weighted by Gasteiger charge is 2.27. The van der Waals surface area contributed by atoms with Crippen molar-refractivity contribution in [1.29, 1.82) is 0 Å². The lowest BCUT2D eigenvalue weighted by atomic mass is 10.1. The molecule has 0 N–H and O–H groups in total. The Hall–Kier alpha value is -1.28. The Bertz CT molecular complexity index is 510. The molecule has 1 aliphatic rings. The van der Waals surface area contributed by atoms with Gasteiger partial charge in [-0.05, 0) is 12.8 Å². The van der Waals surface area contributed by atoms with Gasteiger partial charge in [0, 0.05) is 13.1 Å². The average Bonchev–Trinajstić information content (AvgIpc) is 2.76. The van der Waals surface area contributed by atoms with Crippen LogP contribution in [0.15, 0.2) is 6.20 Å². The van der Waals surface area contributed by atoms with Crippen molar-refractivity contribution in [3.05, 3.63) is 11.9 Å². The van der Waals surface area contributed by atoms with Gasteiger partial charge in [-0.2, -0.15) is 0 Å². The van der Waals surface area contributed by atoms with Crippen LogP contribution < -0.4 is 0 Å². The molecule has 0 unspecified atom stereocenters. The van der Waals surface area contributed by atoms with E-state index < -0.39 is 10.0 Å². The third kappa shape index (κ3) is 2.70. The average molecular weight is 258 g/mol. The summed E-state index contributed by atoms with van der Waals surface area (Å²) in [4.78, 5) is 10.5. The van der Waals surface area contributed by atoms with E-state index in [1.54, 1.807) is 10.9 Å². The molecule has 2 heterocycles. The summed E-state index contributed by atoms with van der Waals surface area (Å²) in [6.45, 7) is 0.936. The number of piperidine rings is 1. The quantitative estimate of drug-likeness (QED) is 0.694. The van der Waals surface area contributed by atoms with Gasteiger partial charge in [0.25, 0.3) is 0 Å². The van der Waals surface area contributed by atoms with E-state index in [1.807, 2.05) is 0 Å². The maximum Gasteiger partial charge on any atom is 0.211 e. The molecule has 2 rings (SSSR count). The van der Waals surface area contributed by atoms with Crippen molar-refractivity contribution in [2.24, 2.45) is 0 Å². The first kappa shape index (κ1) is 12.2. The maximum atomic E-state index is 11.4. The van der Waals surface area contributed by atoms with Gasteiger partial charge in [0.2, 0.25) is 10.0 Å². The Morgan fingerprint density at radius 3 is 2.88 bits per heavy atom. The van der Waals surface area contributed by atoms with E-state index in [0.717, 1.165) is 12.8 Å². The second-order valence-corrected chi connectivity index (χ2v) is 6.14. The molecule has 7 nitrogen and oxygen atoms in total. The maximum absolute atomic E-state index is 11.4. The van der Waals surface area contributed by atoms with E-state index in [-0.39, 0.29) is 11.7 Å². The van der Waals surface area contributed by atoms with Crippen molar-refractivity contribution in [3.63, 3.8) is 0 Å². The minimum Gasteiger partial charge on any atom is -0.296 e. The monoisotopic (exact) mass is 258 g/mol. The third-order valence-corrected chi connectivity index (χ3v) is 4.12. The molecule has 0 saturated carbocycles. The number of carbonyl (C=O) groups is 1. The Morgan fingerprint density at radius 2 is 2.29 bits per heavy atom. The number of carbonyl (C=O) groups excluding carboxylic acids is 1. The summed E-state index contributed by atoms with van der Waals surface area (Å²) in [6, 6.07) is -0.0420. The molecule has 0 radical (unpaired) electrons. The molecule has 1 aliphatic heterocycles. The highest BCUT2D eigenvalue weighted by molar-refractivity contribution is 7.88.